The molecule has 0 atom stereocenters. The van der Waals surface area contributed by atoms with Crippen molar-refractivity contribution in [1.29, 1.82) is 0 Å². The third-order valence-corrected chi connectivity index (χ3v) is 7.73. The van der Waals surface area contributed by atoms with Gasteiger partial charge < -0.3 is 19.4 Å². The summed E-state index contributed by atoms with van der Waals surface area (Å²) in [5.41, 5.74) is 2.44. The molecule has 2 aromatic heterocycles. The van der Waals surface area contributed by atoms with Crippen molar-refractivity contribution in [1.82, 2.24) is 25.2 Å². The van der Waals surface area contributed by atoms with Crippen LogP contribution in [0, 0.1) is 13.8 Å². The number of piperidine rings is 1. The molecule has 0 spiro atoms. The Hall–Kier alpha value is -3.31. The molecule has 3 heterocycles. The number of hydrogen-bond acceptors (Lipinski definition) is 10. The highest BCUT2D eigenvalue weighted by Crippen LogP contribution is 2.26. The molecule has 1 saturated heterocycles. The third-order valence-electron chi connectivity index (χ3n) is 6.58. The number of hydrogen-bond donors (Lipinski definition) is 0. The van der Waals surface area contributed by atoms with Crippen LogP contribution in [0.15, 0.2) is 47.1 Å². The number of aryl methyl sites for hydroxylation is 2. The topological polar surface area (TPSA) is 96.8 Å². The van der Waals surface area contributed by atoms with Gasteiger partial charge >= 0.3 is 5.97 Å². The molecule has 1 aliphatic heterocycles. The van der Waals surface area contributed by atoms with Crippen molar-refractivity contribution in [2.75, 3.05) is 50.1 Å². The molecule has 202 valence electrons. The summed E-state index contributed by atoms with van der Waals surface area (Å²) in [7, 11) is 3.78. The zero-order valence-electron chi connectivity index (χ0n) is 22.3. The van der Waals surface area contributed by atoms with Crippen LogP contribution in [0.2, 0.25) is 0 Å². The maximum atomic E-state index is 12.1. The minimum absolute atomic E-state index is 0.335. The first kappa shape index (κ1) is 27.7. The number of nitrogens with zero attached hydrogens (tertiary/aromatic N) is 7. The van der Waals surface area contributed by atoms with E-state index >= 15 is 0 Å². The van der Waals surface area contributed by atoms with E-state index in [1.165, 1.54) is 5.06 Å². The molecule has 0 amide bonds. The normalized spacial score (nSPS) is 14.0. The van der Waals surface area contributed by atoms with Gasteiger partial charge in [-0.25, -0.2) is 14.8 Å². The van der Waals surface area contributed by atoms with Crippen LogP contribution in [0.5, 0.6) is 5.75 Å². The van der Waals surface area contributed by atoms with Crippen molar-refractivity contribution in [3.63, 3.8) is 0 Å². The summed E-state index contributed by atoms with van der Waals surface area (Å²) < 4.78 is 6.87. The number of anilines is 2. The Morgan fingerprint density at radius 1 is 1.11 bits per heavy atom. The average Bonchev–Trinajstić information content (AvgIpc) is 2.94. The molecule has 0 unspecified atom stereocenters. The molecular weight excluding hydrogens is 550 g/mol. The van der Waals surface area contributed by atoms with Crippen LogP contribution in [-0.2, 0) is 4.84 Å². The number of aromatic nitrogens is 4. The Morgan fingerprint density at radius 2 is 1.79 bits per heavy atom. The lowest BCUT2D eigenvalue weighted by Crippen LogP contribution is -2.44. The van der Waals surface area contributed by atoms with Crippen LogP contribution < -0.4 is 14.5 Å². The monoisotopic (exact) mass is 583 g/mol. The number of ether oxygens (including phenoxy) is 1. The van der Waals surface area contributed by atoms with Gasteiger partial charge in [-0.1, -0.05) is 18.2 Å². The first-order chi connectivity index (χ1) is 18.3. The number of benzene rings is 1. The van der Waals surface area contributed by atoms with Crippen molar-refractivity contribution in [3.05, 3.63) is 64.0 Å². The first-order valence-electron chi connectivity index (χ1n) is 12.7. The van der Waals surface area contributed by atoms with Gasteiger partial charge in [-0.15, -0.1) is 10.2 Å². The van der Waals surface area contributed by atoms with Crippen LogP contribution in [-0.4, -0.2) is 77.6 Å². The molecule has 0 saturated carbocycles. The molecule has 3 aromatic rings. The summed E-state index contributed by atoms with van der Waals surface area (Å²) in [4.78, 5) is 31.2. The maximum Gasteiger partial charge on any atom is 0.357 e. The fourth-order valence-electron chi connectivity index (χ4n) is 4.35. The molecule has 0 N–H and O–H groups in total. The molecule has 0 bridgehead atoms. The molecule has 1 aromatic carbocycles. The first-order valence-corrected chi connectivity index (χ1v) is 13.5. The van der Waals surface area contributed by atoms with Crippen LogP contribution in [0.25, 0.3) is 0 Å². The van der Waals surface area contributed by atoms with Crippen molar-refractivity contribution in [2.24, 2.45) is 0 Å². The van der Waals surface area contributed by atoms with E-state index in [0.717, 1.165) is 53.6 Å². The van der Waals surface area contributed by atoms with Gasteiger partial charge in [-0.3, -0.25) is 0 Å². The summed E-state index contributed by atoms with van der Waals surface area (Å²) in [6, 6.07) is 11.2. The van der Waals surface area contributed by atoms with Crippen molar-refractivity contribution in [3.8, 4) is 5.75 Å². The van der Waals surface area contributed by atoms with Gasteiger partial charge in [0.2, 0.25) is 5.95 Å². The Balaban J connectivity index is 1.22. The molecular formula is C27H34BrN7O3. The second-order valence-electron chi connectivity index (χ2n) is 9.39. The summed E-state index contributed by atoms with van der Waals surface area (Å²) in [5, 5.41) is 10.0. The second-order valence-corrected chi connectivity index (χ2v) is 10.2. The molecule has 10 nitrogen and oxygen atoms in total. The van der Waals surface area contributed by atoms with E-state index in [0.29, 0.717) is 36.9 Å². The summed E-state index contributed by atoms with van der Waals surface area (Å²) in [6.45, 7) is 6.75. The van der Waals surface area contributed by atoms with E-state index in [2.05, 4.69) is 52.9 Å². The SMILES string of the molecule is Cc1nc(N2CCC(N(C)c3cc(OCCCN(C)OC(=O)c4ccccc4)cnn3)CC2)nc(C)c1Br. The smallest absolute Gasteiger partial charge is 0.357 e. The minimum atomic E-state index is -0.375. The highest BCUT2D eigenvalue weighted by Gasteiger charge is 2.25. The van der Waals surface area contributed by atoms with Gasteiger partial charge in [0.15, 0.2) is 5.82 Å². The highest BCUT2D eigenvalue weighted by atomic mass is 79.9. The Bertz CT molecular complexity index is 1200. The second kappa shape index (κ2) is 13.0. The van der Waals surface area contributed by atoms with Crippen LogP contribution >= 0.6 is 15.9 Å². The fourth-order valence-corrected chi connectivity index (χ4v) is 4.52. The number of rotatable bonds is 10. The lowest BCUT2D eigenvalue weighted by atomic mass is 10.0. The minimum Gasteiger partial charge on any atom is -0.492 e. The number of halogens is 1. The average molecular weight is 585 g/mol. The van der Waals surface area contributed by atoms with E-state index in [1.54, 1.807) is 25.4 Å². The predicted octanol–water partition coefficient (Wildman–Crippen LogP) is 4.22. The molecule has 1 fully saturated rings. The molecule has 11 heteroatoms. The lowest BCUT2D eigenvalue weighted by molar-refractivity contribution is -0.0917. The molecule has 4 rings (SSSR count). The van der Waals surface area contributed by atoms with Gasteiger partial charge in [0, 0.05) is 45.8 Å². The van der Waals surface area contributed by atoms with E-state index in [1.807, 2.05) is 38.1 Å². The quantitative estimate of drug-likeness (QED) is 0.255. The van der Waals surface area contributed by atoms with E-state index in [4.69, 9.17) is 9.57 Å². The van der Waals surface area contributed by atoms with Gasteiger partial charge in [0.05, 0.1) is 34.2 Å². The summed E-state index contributed by atoms with van der Waals surface area (Å²) in [5.74, 6) is 1.86. The Morgan fingerprint density at radius 3 is 2.47 bits per heavy atom. The van der Waals surface area contributed by atoms with Crippen molar-refractivity contribution in [2.45, 2.75) is 39.2 Å². The Kier molecular flexibility index (Phi) is 9.46. The van der Waals surface area contributed by atoms with Gasteiger partial charge in [0.1, 0.15) is 5.75 Å². The lowest BCUT2D eigenvalue weighted by Gasteiger charge is -2.37. The largest absolute Gasteiger partial charge is 0.492 e. The van der Waals surface area contributed by atoms with Gasteiger partial charge in [0.25, 0.3) is 0 Å². The van der Waals surface area contributed by atoms with Crippen LogP contribution in [0.3, 0.4) is 0 Å². The van der Waals surface area contributed by atoms with Gasteiger partial charge in [-0.2, -0.15) is 5.10 Å². The number of carbonyl (C=O) groups excluding carboxylic acids is 1. The van der Waals surface area contributed by atoms with E-state index in [9.17, 15) is 4.79 Å². The Labute approximate surface area is 232 Å². The zero-order chi connectivity index (χ0) is 27.1. The van der Waals surface area contributed by atoms with Crippen LogP contribution in [0.1, 0.15) is 41.0 Å². The number of carbonyl (C=O) groups is 1. The summed E-state index contributed by atoms with van der Waals surface area (Å²) >= 11 is 3.55. The van der Waals surface area contributed by atoms with E-state index < -0.39 is 0 Å². The van der Waals surface area contributed by atoms with Gasteiger partial charge in [-0.05, 0) is 61.2 Å². The third kappa shape index (κ3) is 7.16. The predicted molar refractivity (Wildman–Crippen MR) is 149 cm³/mol. The standard InChI is InChI=1S/C27H34BrN7O3/c1-19-25(28)20(2)31-27(30-19)35-14-11-22(12-15-35)34(4)24-17-23(18-29-32-24)37-16-8-13-33(3)38-26(36)21-9-6-5-7-10-21/h5-7,9-10,17-18,22H,8,11-16H2,1-4H3. The summed E-state index contributed by atoms with van der Waals surface area (Å²) in [6.07, 6.45) is 4.24. The number of hydroxylamine groups is 2. The zero-order valence-corrected chi connectivity index (χ0v) is 23.9. The molecule has 0 aliphatic carbocycles. The van der Waals surface area contributed by atoms with Crippen molar-refractivity contribution < 1.29 is 14.4 Å². The van der Waals surface area contributed by atoms with Crippen LogP contribution in [0.4, 0.5) is 11.8 Å². The van der Waals surface area contributed by atoms with E-state index in [-0.39, 0.29) is 5.97 Å². The maximum absolute atomic E-state index is 12.1. The molecule has 1 aliphatic rings. The van der Waals surface area contributed by atoms with Crippen molar-refractivity contribution >= 4 is 33.7 Å². The highest BCUT2D eigenvalue weighted by molar-refractivity contribution is 9.10. The fraction of sp³-hybridized carbons (Fsp3) is 0.444. The molecule has 0 radical (unpaired) electrons. The molecule has 38 heavy (non-hydrogen) atoms.